The molecule has 0 aromatic heterocycles. The Balaban J connectivity index is 1.91. The van der Waals surface area contributed by atoms with Gasteiger partial charge in [0.15, 0.2) is 0 Å². The molecule has 0 aromatic carbocycles. The van der Waals surface area contributed by atoms with Crippen molar-refractivity contribution in [3.63, 3.8) is 0 Å². The summed E-state index contributed by atoms with van der Waals surface area (Å²) in [5.41, 5.74) is 6.13. The smallest absolute Gasteiger partial charge is 0.317 e. The fraction of sp³-hybridized carbons (Fsp3) is 0.889. The molecule has 2 heterocycles. The maximum atomic E-state index is 12.9. The van der Waals surface area contributed by atoms with Crippen molar-refractivity contribution in [2.45, 2.75) is 53.0 Å². The van der Waals surface area contributed by atoms with Crippen molar-refractivity contribution in [2.75, 3.05) is 32.7 Å². The van der Waals surface area contributed by atoms with Gasteiger partial charge in [-0.15, -0.1) is 0 Å². The van der Waals surface area contributed by atoms with Gasteiger partial charge in [0.2, 0.25) is 5.91 Å². The molecule has 6 nitrogen and oxygen atoms in total. The molecule has 0 radical (unpaired) electrons. The topological polar surface area (TPSA) is 78.7 Å². The zero-order chi connectivity index (χ0) is 17.9. The Hall–Kier alpha value is -1.30. The molecule has 3 N–H and O–H groups in total. The van der Waals surface area contributed by atoms with Crippen molar-refractivity contribution in [2.24, 2.45) is 23.0 Å². The molecule has 2 fully saturated rings. The number of hydrogen-bond donors (Lipinski definition) is 2. The first-order chi connectivity index (χ1) is 11.2. The third-order valence-electron chi connectivity index (χ3n) is 5.34. The molecule has 2 aliphatic heterocycles. The Morgan fingerprint density at radius 1 is 1.21 bits per heavy atom. The molecule has 3 amide bonds. The summed E-state index contributed by atoms with van der Waals surface area (Å²) in [5, 5.41) is 2.96. The van der Waals surface area contributed by atoms with Crippen LogP contribution in [0.4, 0.5) is 4.79 Å². The van der Waals surface area contributed by atoms with Crippen LogP contribution in [0.1, 0.15) is 47.0 Å². The van der Waals surface area contributed by atoms with E-state index in [2.05, 4.69) is 33.0 Å². The van der Waals surface area contributed by atoms with Crippen LogP contribution in [-0.2, 0) is 4.79 Å². The first-order valence-corrected chi connectivity index (χ1v) is 9.28. The second-order valence-electron chi connectivity index (χ2n) is 8.51. The third-order valence-corrected chi connectivity index (χ3v) is 5.34. The molecule has 138 valence electrons. The number of nitrogens with zero attached hydrogens (tertiary/aromatic N) is 2. The number of hydrogen-bond acceptors (Lipinski definition) is 3. The van der Waals surface area contributed by atoms with Gasteiger partial charge in [-0.25, -0.2) is 4.79 Å². The summed E-state index contributed by atoms with van der Waals surface area (Å²) in [6, 6.07) is 0.105. The summed E-state index contributed by atoms with van der Waals surface area (Å²) in [7, 11) is 0. The lowest BCUT2D eigenvalue weighted by Gasteiger charge is -2.44. The van der Waals surface area contributed by atoms with Gasteiger partial charge in [0, 0.05) is 38.8 Å². The summed E-state index contributed by atoms with van der Waals surface area (Å²) < 4.78 is 0. The molecule has 2 atom stereocenters. The fourth-order valence-corrected chi connectivity index (χ4v) is 3.59. The van der Waals surface area contributed by atoms with Crippen LogP contribution in [0.5, 0.6) is 0 Å². The van der Waals surface area contributed by atoms with E-state index in [-0.39, 0.29) is 29.3 Å². The zero-order valence-electron chi connectivity index (χ0n) is 15.7. The second-order valence-corrected chi connectivity index (χ2v) is 8.51. The van der Waals surface area contributed by atoms with Crippen LogP contribution >= 0.6 is 0 Å². The average Bonchev–Trinajstić information content (AvgIpc) is 2.54. The second kappa shape index (κ2) is 7.72. The van der Waals surface area contributed by atoms with E-state index in [1.54, 1.807) is 4.90 Å². The van der Waals surface area contributed by atoms with Crippen molar-refractivity contribution >= 4 is 11.9 Å². The molecular weight excluding hydrogens is 304 g/mol. The summed E-state index contributed by atoms with van der Waals surface area (Å²) in [6.07, 6.45) is 2.61. The molecule has 0 bridgehead atoms. The molecule has 0 spiro atoms. The van der Waals surface area contributed by atoms with Crippen LogP contribution in [0, 0.1) is 17.3 Å². The number of nitrogens with one attached hydrogen (secondary N) is 1. The molecule has 2 unspecified atom stereocenters. The highest BCUT2D eigenvalue weighted by Crippen LogP contribution is 2.29. The normalized spacial score (nSPS) is 27.2. The van der Waals surface area contributed by atoms with Gasteiger partial charge >= 0.3 is 6.03 Å². The molecule has 6 heteroatoms. The largest absolute Gasteiger partial charge is 0.342 e. The Morgan fingerprint density at radius 3 is 2.54 bits per heavy atom. The van der Waals surface area contributed by atoms with E-state index >= 15 is 0 Å². The van der Waals surface area contributed by atoms with Gasteiger partial charge in [-0.2, -0.15) is 0 Å². The lowest BCUT2D eigenvalue weighted by Crippen LogP contribution is -2.56. The van der Waals surface area contributed by atoms with Crippen LogP contribution in [0.15, 0.2) is 0 Å². The summed E-state index contributed by atoms with van der Waals surface area (Å²) in [4.78, 5) is 28.9. The first kappa shape index (κ1) is 19.0. The lowest BCUT2D eigenvalue weighted by atomic mass is 9.79. The van der Waals surface area contributed by atoms with Gasteiger partial charge < -0.3 is 20.9 Å². The maximum Gasteiger partial charge on any atom is 0.317 e. The standard InChI is InChI=1S/C18H34N4O2/c1-13(2)10-20-17(24)21-8-5-6-14(11-21)16(23)22-9-7-15(19)18(3,4)12-22/h13-15H,5-12,19H2,1-4H3,(H,20,24). The summed E-state index contributed by atoms with van der Waals surface area (Å²) >= 11 is 0. The highest BCUT2D eigenvalue weighted by Gasteiger charge is 2.38. The molecule has 2 saturated heterocycles. The molecular formula is C18H34N4O2. The van der Waals surface area contributed by atoms with Crippen LogP contribution in [-0.4, -0.2) is 60.5 Å². The number of rotatable bonds is 3. The highest BCUT2D eigenvalue weighted by atomic mass is 16.2. The van der Waals surface area contributed by atoms with E-state index in [9.17, 15) is 9.59 Å². The Labute approximate surface area is 146 Å². The highest BCUT2D eigenvalue weighted by molar-refractivity contribution is 5.81. The van der Waals surface area contributed by atoms with Crippen LogP contribution < -0.4 is 11.1 Å². The van der Waals surface area contributed by atoms with Crippen molar-refractivity contribution in [1.82, 2.24) is 15.1 Å². The van der Waals surface area contributed by atoms with Crippen LogP contribution in [0.25, 0.3) is 0 Å². The van der Waals surface area contributed by atoms with E-state index in [1.807, 2.05) is 4.90 Å². The molecule has 2 rings (SSSR count). The fourth-order valence-electron chi connectivity index (χ4n) is 3.59. The minimum atomic E-state index is -0.0753. The van der Waals surface area contributed by atoms with Gasteiger partial charge in [-0.05, 0) is 30.6 Å². The third kappa shape index (κ3) is 4.62. The van der Waals surface area contributed by atoms with Crippen LogP contribution in [0.3, 0.4) is 0 Å². The van der Waals surface area contributed by atoms with Gasteiger partial charge in [0.05, 0.1) is 5.92 Å². The van der Waals surface area contributed by atoms with Gasteiger partial charge in [0.1, 0.15) is 0 Å². The van der Waals surface area contributed by atoms with Crippen molar-refractivity contribution in [3.8, 4) is 0 Å². The van der Waals surface area contributed by atoms with E-state index in [4.69, 9.17) is 5.73 Å². The molecule has 2 aliphatic rings. The number of piperidine rings is 2. The number of likely N-dealkylation sites (tertiary alicyclic amines) is 2. The minimum absolute atomic E-state index is 0.0396. The zero-order valence-corrected chi connectivity index (χ0v) is 15.7. The minimum Gasteiger partial charge on any atom is -0.342 e. The Bertz CT molecular complexity index is 464. The number of carbonyl (C=O) groups is 2. The SMILES string of the molecule is CC(C)CNC(=O)N1CCCC(C(=O)N2CCC(N)C(C)(C)C2)C1. The quantitative estimate of drug-likeness (QED) is 0.821. The van der Waals surface area contributed by atoms with Gasteiger partial charge in [-0.1, -0.05) is 27.7 Å². The van der Waals surface area contributed by atoms with E-state index in [0.717, 1.165) is 32.4 Å². The van der Waals surface area contributed by atoms with Gasteiger partial charge in [0.25, 0.3) is 0 Å². The van der Waals surface area contributed by atoms with E-state index in [0.29, 0.717) is 25.6 Å². The van der Waals surface area contributed by atoms with Gasteiger partial charge in [-0.3, -0.25) is 4.79 Å². The summed E-state index contributed by atoms with van der Waals surface area (Å²) in [6.45, 7) is 11.8. The van der Waals surface area contributed by atoms with E-state index in [1.165, 1.54) is 0 Å². The predicted molar refractivity (Wildman–Crippen MR) is 95.5 cm³/mol. The first-order valence-electron chi connectivity index (χ1n) is 9.28. The number of nitrogens with two attached hydrogens (primary N) is 1. The van der Waals surface area contributed by atoms with Crippen molar-refractivity contribution in [1.29, 1.82) is 0 Å². The molecule has 0 saturated carbocycles. The number of amides is 3. The average molecular weight is 338 g/mol. The lowest BCUT2D eigenvalue weighted by molar-refractivity contribution is -0.140. The molecule has 24 heavy (non-hydrogen) atoms. The maximum absolute atomic E-state index is 12.9. The Kier molecular flexibility index (Phi) is 6.12. The van der Waals surface area contributed by atoms with Crippen molar-refractivity contribution in [3.05, 3.63) is 0 Å². The Morgan fingerprint density at radius 2 is 1.92 bits per heavy atom. The summed E-state index contributed by atoms with van der Waals surface area (Å²) in [5.74, 6) is 0.543. The molecule has 0 aliphatic carbocycles. The monoisotopic (exact) mass is 338 g/mol. The predicted octanol–water partition coefficient (Wildman–Crippen LogP) is 1.65. The van der Waals surface area contributed by atoms with E-state index < -0.39 is 0 Å². The number of urea groups is 1. The number of carbonyl (C=O) groups excluding carboxylic acids is 2. The van der Waals surface area contributed by atoms with Crippen LogP contribution in [0.2, 0.25) is 0 Å². The van der Waals surface area contributed by atoms with Crippen molar-refractivity contribution < 1.29 is 9.59 Å². The molecule has 0 aromatic rings.